The predicted octanol–water partition coefficient (Wildman–Crippen LogP) is 2.07. The molecule has 0 aromatic carbocycles. The molecular formula is C16H28N2O2. The lowest BCUT2D eigenvalue weighted by Crippen LogP contribution is -2.59. The lowest BCUT2D eigenvalue weighted by Gasteiger charge is -2.40. The average Bonchev–Trinajstić information content (AvgIpc) is 2.97. The first-order valence-corrected chi connectivity index (χ1v) is 8.38. The van der Waals surface area contributed by atoms with E-state index in [9.17, 15) is 4.79 Å². The van der Waals surface area contributed by atoms with Crippen molar-refractivity contribution in [2.24, 2.45) is 11.7 Å². The Balaban J connectivity index is 1.69. The number of nitrogens with two attached hydrogens (primary N) is 1. The first kappa shape index (κ1) is 14.3. The lowest BCUT2D eigenvalue weighted by atomic mass is 9.82. The highest BCUT2D eigenvalue weighted by Gasteiger charge is 2.44. The Hall–Kier alpha value is -0.610. The van der Waals surface area contributed by atoms with Gasteiger partial charge in [-0.1, -0.05) is 19.3 Å². The lowest BCUT2D eigenvalue weighted by molar-refractivity contribution is -0.142. The van der Waals surface area contributed by atoms with Crippen molar-refractivity contribution in [3.63, 3.8) is 0 Å². The Bertz CT molecular complexity index is 346. The van der Waals surface area contributed by atoms with E-state index in [1.54, 1.807) is 0 Å². The number of carbonyl (C=O) groups excluding carboxylic acids is 1. The number of ether oxygens (including phenoxy) is 1. The van der Waals surface area contributed by atoms with Crippen LogP contribution >= 0.6 is 0 Å². The maximum absolute atomic E-state index is 12.9. The predicted molar refractivity (Wildman–Crippen MR) is 78.3 cm³/mol. The average molecular weight is 280 g/mol. The van der Waals surface area contributed by atoms with Gasteiger partial charge in [0.15, 0.2) is 0 Å². The minimum Gasteiger partial charge on any atom is -0.381 e. The minimum absolute atomic E-state index is 0.203. The third-order valence-electron chi connectivity index (χ3n) is 5.57. The first-order chi connectivity index (χ1) is 9.71. The van der Waals surface area contributed by atoms with Crippen LogP contribution in [0.5, 0.6) is 0 Å². The summed E-state index contributed by atoms with van der Waals surface area (Å²) in [7, 11) is 0. The number of rotatable bonds is 2. The zero-order valence-corrected chi connectivity index (χ0v) is 12.5. The molecule has 1 atom stereocenters. The molecule has 2 saturated heterocycles. The van der Waals surface area contributed by atoms with Gasteiger partial charge in [0.25, 0.3) is 0 Å². The monoisotopic (exact) mass is 280 g/mol. The minimum atomic E-state index is -0.657. The Kier molecular flexibility index (Phi) is 4.32. The van der Waals surface area contributed by atoms with E-state index in [0.717, 1.165) is 18.9 Å². The van der Waals surface area contributed by atoms with Gasteiger partial charge >= 0.3 is 0 Å². The van der Waals surface area contributed by atoms with Crippen molar-refractivity contribution in [3.05, 3.63) is 0 Å². The molecule has 2 heterocycles. The van der Waals surface area contributed by atoms with Crippen molar-refractivity contribution in [2.45, 2.75) is 69.4 Å². The van der Waals surface area contributed by atoms with Crippen LogP contribution in [0.25, 0.3) is 0 Å². The molecule has 3 rings (SSSR count). The Morgan fingerprint density at radius 3 is 2.45 bits per heavy atom. The summed E-state index contributed by atoms with van der Waals surface area (Å²) < 4.78 is 5.37. The van der Waals surface area contributed by atoms with Crippen LogP contribution in [-0.4, -0.2) is 42.1 Å². The van der Waals surface area contributed by atoms with Crippen molar-refractivity contribution in [1.29, 1.82) is 0 Å². The van der Waals surface area contributed by atoms with Gasteiger partial charge in [-0.25, -0.2) is 0 Å². The number of likely N-dealkylation sites (tertiary alicyclic amines) is 1. The molecule has 0 radical (unpaired) electrons. The van der Waals surface area contributed by atoms with Gasteiger partial charge in [0.05, 0.1) is 5.54 Å². The van der Waals surface area contributed by atoms with Crippen molar-refractivity contribution in [1.82, 2.24) is 4.90 Å². The largest absolute Gasteiger partial charge is 0.381 e. The number of carbonyl (C=O) groups is 1. The van der Waals surface area contributed by atoms with Gasteiger partial charge in [0.1, 0.15) is 0 Å². The molecule has 2 N–H and O–H groups in total. The second-order valence-electron chi connectivity index (χ2n) is 6.87. The van der Waals surface area contributed by atoms with E-state index in [4.69, 9.17) is 10.5 Å². The van der Waals surface area contributed by atoms with Crippen LogP contribution in [0.3, 0.4) is 0 Å². The molecule has 20 heavy (non-hydrogen) atoms. The second-order valence-corrected chi connectivity index (χ2v) is 6.87. The molecule has 3 fully saturated rings. The molecule has 0 bridgehead atoms. The molecule has 0 aromatic heterocycles. The zero-order valence-electron chi connectivity index (χ0n) is 12.5. The fourth-order valence-corrected chi connectivity index (χ4v) is 4.29. The number of nitrogens with zero attached hydrogens (tertiary/aromatic N) is 1. The molecule has 2 aliphatic heterocycles. The second kappa shape index (κ2) is 6.02. The van der Waals surface area contributed by atoms with Gasteiger partial charge in [0, 0.05) is 25.8 Å². The van der Waals surface area contributed by atoms with Gasteiger partial charge in [-0.2, -0.15) is 0 Å². The van der Waals surface area contributed by atoms with E-state index in [1.807, 2.05) is 0 Å². The van der Waals surface area contributed by atoms with Gasteiger partial charge in [-0.05, 0) is 44.4 Å². The maximum Gasteiger partial charge on any atom is 0.243 e. The van der Waals surface area contributed by atoms with Crippen LogP contribution in [0.2, 0.25) is 0 Å². The summed E-state index contributed by atoms with van der Waals surface area (Å²) in [4.78, 5) is 15.1. The van der Waals surface area contributed by atoms with Crippen LogP contribution in [0, 0.1) is 5.92 Å². The quantitative estimate of drug-likeness (QED) is 0.842. The number of amides is 1. The summed E-state index contributed by atoms with van der Waals surface area (Å²) in [5.74, 6) is 0.924. The van der Waals surface area contributed by atoms with Crippen molar-refractivity contribution in [2.75, 3.05) is 19.8 Å². The van der Waals surface area contributed by atoms with Crippen molar-refractivity contribution in [3.8, 4) is 0 Å². The molecule has 4 heteroatoms. The smallest absolute Gasteiger partial charge is 0.243 e. The zero-order chi connectivity index (χ0) is 14.0. The van der Waals surface area contributed by atoms with Gasteiger partial charge < -0.3 is 15.4 Å². The summed E-state index contributed by atoms with van der Waals surface area (Å²) in [6.07, 6.45) is 10.3. The maximum atomic E-state index is 12.9. The first-order valence-electron chi connectivity index (χ1n) is 8.38. The van der Waals surface area contributed by atoms with E-state index in [1.165, 1.54) is 38.5 Å². The van der Waals surface area contributed by atoms with Crippen LogP contribution in [0.1, 0.15) is 57.8 Å². The van der Waals surface area contributed by atoms with Crippen LogP contribution in [0.15, 0.2) is 0 Å². The van der Waals surface area contributed by atoms with E-state index in [0.29, 0.717) is 32.1 Å². The van der Waals surface area contributed by atoms with Crippen LogP contribution in [-0.2, 0) is 9.53 Å². The number of hydrogen-bond acceptors (Lipinski definition) is 3. The van der Waals surface area contributed by atoms with Crippen LogP contribution < -0.4 is 5.73 Å². The summed E-state index contributed by atoms with van der Waals surface area (Å²) in [6, 6.07) is 0.464. The van der Waals surface area contributed by atoms with E-state index in [2.05, 4.69) is 4.90 Å². The molecular weight excluding hydrogens is 252 g/mol. The Labute approximate surface area is 122 Å². The van der Waals surface area contributed by atoms with Crippen LogP contribution in [0.4, 0.5) is 0 Å². The molecule has 3 aliphatic rings. The van der Waals surface area contributed by atoms with E-state index >= 15 is 0 Å². The molecule has 114 valence electrons. The third kappa shape index (κ3) is 2.73. The third-order valence-corrected chi connectivity index (χ3v) is 5.57. The normalized spacial score (nSPS) is 31.4. The van der Waals surface area contributed by atoms with Crippen molar-refractivity contribution >= 4 is 5.91 Å². The molecule has 1 amide bonds. The highest BCUT2D eigenvalue weighted by molar-refractivity contribution is 5.86. The fourth-order valence-electron chi connectivity index (χ4n) is 4.29. The van der Waals surface area contributed by atoms with E-state index < -0.39 is 5.54 Å². The topological polar surface area (TPSA) is 55.6 Å². The van der Waals surface area contributed by atoms with E-state index in [-0.39, 0.29) is 5.91 Å². The van der Waals surface area contributed by atoms with Gasteiger partial charge in [-0.15, -0.1) is 0 Å². The Morgan fingerprint density at radius 2 is 1.75 bits per heavy atom. The molecule has 0 spiro atoms. The summed E-state index contributed by atoms with van der Waals surface area (Å²) in [5, 5.41) is 0. The molecule has 1 saturated carbocycles. The molecule has 1 aliphatic carbocycles. The summed E-state index contributed by atoms with van der Waals surface area (Å²) in [6.45, 7) is 2.17. The summed E-state index contributed by atoms with van der Waals surface area (Å²) in [5.41, 5.74) is 5.75. The Morgan fingerprint density at radius 1 is 1.05 bits per heavy atom. The molecule has 0 aromatic rings. The standard InChI is InChI=1S/C16H28N2O2/c17-16(8-11-20-12-9-16)15(19)18-10-4-7-14(18)13-5-2-1-3-6-13/h13-14H,1-12,17H2. The SMILES string of the molecule is NC1(C(=O)N2CCCC2C2CCCCC2)CCOCC1. The summed E-state index contributed by atoms with van der Waals surface area (Å²) >= 11 is 0. The van der Waals surface area contributed by atoms with Gasteiger partial charge in [0.2, 0.25) is 5.91 Å². The molecule has 1 unspecified atom stereocenters. The fraction of sp³-hybridized carbons (Fsp3) is 0.938. The van der Waals surface area contributed by atoms with Crippen molar-refractivity contribution < 1.29 is 9.53 Å². The highest BCUT2D eigenvalue weighted by Crippen LogP contribution is 2.36. The van der Waals surface area contributed by atoms with Gasteiger partial charge in [-0.3, -0.25) is 4.79 Å². The molecule has 4 nitrogen and oxygen atoms in total. The number of hydrogen-bond donors (Lipinski definition) is 1. The highest BCUT2D eigenvalue weighted by atomic mass is 16.5.